The van der Waals surface area contributed by atoms with Crippen LogP contribution in [0.3, 0.4) is 0 Å². The Kier molecular flexibility index (Phi) is 3.18. The zero-order valence-electron chi connectivity index (χ0n) is 8.37. The van der Waals surface area contributed by atoms with E-state index in [0.717, 1.165) is 11.4 Å². The van der Waals surface area contributed by atoms with Crippen molar-refractivity contribution in [3.8, 4) is 0 Å². The van der Waals surface area contributed by atoms with Crippen LogP contribution in [0.4, 0.5) is 0 Å². The van der Waals surface area contributed by atoms with Gasteiger partial charge in [0, 0.05) is 12.1 Å². The van der Waals surface area contributed by atoms with E-state index in [1.807, 2.05) is 39.0 Å². The van der Waals surface area contributed by atoms with Crippen molar-refractivity contribution in [2.24, 2.45) is 0 Å². The first-order valence-electron chi connectivity index (χ1n) is 4.61. The molecule has 0 aliphatic heterocycles. The molecule has 1 aromatic rings. The van der Waals surface area contributed by atoms with Crippen molar-refractivity contribution in [1.82, 2.24) is 4.98 Å². The molecule has 0 amide bonds. The van der Waals surface area contributed by atoms with Gasteiger partial charge in [0.2, 0.25) is 0 Å². The maximum absolute atomic E-state index is 11.4. The molecule has 1 heterocycles. The molecule has 1 rings (SSSR count). The standard InChI is InChI=1S/C11H15NO/c1-4-11(13)9(3)10-7-5-6-8(2)12-10/h5-7,9H,4H2,1-3H3. The molecule has 70 valence electrons. The first-order valence-corrected chi connectivity index (χ1v) is 4.61. The molecule has 0 radical (unpaired) electrons. The Morgan fingerprint density at radius 1 is 1.54 bits per heavy atom. The van der Waals surface area contributed by atoms with Crippen LogP contribution < -0.4 is 0 Å². The van der Waals surface area contributed by atoms with E-state index in [1.54, 1.807) is 0 Å². The van der Waals surface area contributed by atoms with E-state index in [-0.39, 0.29) is 11.7 Å². The molecule has 0 aliphatic rings. The number of hydrogen-bond acceptors (Lipinski definition) is 2. The van der Waals surface area contributed by atoms with Gasteiger partial charge in [-0.05, 0) is 26.0 Å². The van der Waals surface area contributed by atoms with Gasteiger partial charge in [0.1, 0.15) is 5.78 Å². The SMILES string of the molecule is CCC(=O)C(C)c1cccc(C)n1. The summed E-state index contributed by atoms with van der Waals surface area (Å²) in [5.74, 6) is 0.183. The van der Waals surface area contributed by atoms with Crippen molar-refractivity contribution in [3.63, 3.8) is 0 Å². The fourth-order valence-electron chi connectivity index (χ4n) is 1.28. The van der Waals surface area contributed by atoms with E-state index in [1.165, 1.54) is 0 Å². The van der Waals surface area contributed by atoms with Crippen molar-refractivity contribution in [3.05, 3.63) is 29.6 Å². The Morgan fingerprint density at radius 3 is 2.77 bits per heavy atom. The number of carbonyl (C=O) groups is 1. The molecule has 13 heavy (non-hydrogen) atoms. The lowest BCUT2D eigenvalue weighted by atomic mass is 10.00. The van der Waals surface area contributed by atoms with Crippen LogP contribution in [0.1, 0.15) is 37.6 Å². The number of rotatable bonds is 3. The number of aromatic nitrogens is 1. The van der Waals surface area contributed by atoms with Crippen LogP contribution >= 0.6 is 0 Å². The van der Waals surface area contributed by atoms with Crippen molar-refractivity contribution in [2.75, 3.05) is 0 Å². The summed E-state index contributed by atoms with van der Waals surface area (Å²) in [6.45, 7) is 5.73. The van der Waals surface area contributed by atoms with Gasteiger partial charge in [0.15, 0.2) is 0 Å². The van der Waals surface area contributed by atoms with E-state index in [0.29, 0.717) is 6.42 Å². The number of Topliss-reactive ketones (excluding diaryl/α,β-unsaturated/α-hetero) is 1. The fourth-order valence-corrected chi connectivity index (χ4v) is 1.28. The van der Waals surface area contributed by atoms with Crippen LogP contribution in [0.2, 0.25) is 0 Å². The van der Waals surface area contributed by atoms with Crippen molar-refractivity contribution < 1.29 is 4.79 Å². The van der Waals surface area contributed by atoms with E-state index >= 15 is 0 Å². The third kappa shape index (κ3) is 2.38. The average Bonchev–Trinajstić information content (AvgIpc) is 2.15. The van der Waals surface area contributed by atoms with Crippen molar-refractivity contribution >= 4 is 5.78 Å². The Labute approximate surface area is 79.0 Å². The lowest BCUT2D eigenvalue weighted by Gasteiger charge is -2.08. The highest BCUT2D eigenvalue weighted by Crippen LogP contribution is 2.15. The highest BCUT2D eigenvalue weighted by molar-refractivity contribution is 5.84. The largest absolute Gasteiger partial charge is 0.299 e. The zero-order chi connectivity index (χ0) is 9.84. The van der Waals surface area contributed by atoms with Crippen LogP contribution in [0.25, 0.3) is 0 Å². The average molecular weight is 177 g/mol. The Hall–Kier alpha value is -1.18. The quantitative estimate of drug-likeness (QED) is 0.710. The molecule has 2 heteroatoms. The number of aryl methyl sites for hydroxylation is 1. The van der Waals surface area contributed by atoms with E-state index in [2.05, 4.69) is 4.98 Å². The molecule has 0 spiro atoms. The van der Waals surface area contributed by atoms with E-state index < -0.39 is 0 Å². The van der Waals surface area contributed by atoms with Gasteiger partial charge in [-0.25, -0.2) is 0 Å². The number of pyridine rings is 1. The molecule has 1 aromatic heterocycles. The molecular formula is C11H15NO. The molecule has 1 atom stereocenters. The second-order valence-electron chi connectivity index (χ2n) is 3.25. The topological polar surface area (TPSA) is 30.0 Å². The van der Waals surface area contributed by atoms with Crippen LogP contribution in [0.15, 0.2) is 18.2 Å². The fraction of sp³-hybridized carbons (Fsp3) is 0.455. The number of nitrogens with zero attached hydrogens (tertiary/aromatic N) is 1. The minimum absolute atomic E-state index is 0.0649. The Bertz CT molecular complexity index is 307. The lowest BCUT2D eigenvalue weighted by Crippen LogP contribution is -2.09. The first kappa shape index (κ1) is 9.90. The van der Waals surface area contributed by atoms with Gasteiger partial charge < -0.3 is 0 Å². The third-order valence-electron chi connectivity index (χ3n) is 2.18. The molecule has 0 saturated heterocycles. The van der Waals surface area contributed by atoms with Crippen LogP contribution in [-0.2, 0) is 4.79 Å². The molecule has 0 fully saturated rings. The van der Waals surface area contributed by atoms with Gasteiger partial charge in [-0.15, -0.1) is 0 Å². The van der Waals surface area contributed by atoms with Crippen LogP contribution in [0.5, 0.6) is 0 Å². The van der Waals surface area contributed by atoms with Gasteiger partial charge >= 0.3 is 0 Å². The minimum atomic E-state index is -0.0649. The number of carbonyl (C=O) groups excluding carboxylic acids is 1. The van der Waals surface area contributed by atoms with E-state index in [4.69, 9.17) is 0 Å². The predicted molar refractivity (Wildman–Crippen MR) is 52.7 cm³/mol. The van der Waals surface area contributed by atoms with Gasteiger partial charge in [0.05, 0.1) is 11.6 Å². The monoisotopic (exact) mass is 177 g/mol. The maximum atomic E-state index is 11.4. The first-order chi connectivity index (χ1) is 6.15. The van der Waals surface area contributed by atoms with Crippen LogP contribution in [-0.4, -0.2) is 10.8 Å². The third-order valence-corrected chi connectivity index (χ3v) is 2.18. The Balaban J connectivity index is 2.88. The lowest BCUT2D eigenvalue weighted by molar-refractivity contribution is -0.119. The second-order valence-corrected chi connectivity index (χ2v) is 3.25. The number of ketones is 1. The van der Waals surface area contributed by atoms with E-state index in [9.17, 15) is 4.79 Å². The smallest absolute Gasteiger partial charge is 0.141 e. The molecule has 0 saturated carbocycles. The molecule has 0 aliphatic carbocycles. The molecule has 2 nitrogen and oxygen atoms in total. The summed E-state index contributed by atoms with van der Waals surface area (Å²) in [7, 11) is 0. The zero-order valence-corrected chi connectivity index (χ0v) is 8.37. The van der Waals surface area contributed by atoms with Gasteiger partial charge in [0.25, 0.3) is 0 Å². The molecular weight excluding hydrogens is 162 g/mol. The summed E-state index contributed by atoms with van der Waals surface area (Å²) in [5.41, 5.74) is 1.85. The molecule has 0 N–H and O–H groups in total. The summed E-state index contributed by atoms with van der Waals surface area (Å²) < 4.78 is 0. The second kappa shape index (κ2) is 4.17. The van der Waals surface area contributed by atoms with Gasteiger partial charge in [-0.1, -0.05) is 13.0 Å². The van der Waals surface area contributed by atoms with Crippen molar-refractivity contribution in [1.29, 1.82) is 0 Å². The minimum Gasteiger partial charge on any atom is -0.299 e. The summed E-state index contributed by atoms with van der Waals surface area (Å²) in [5, 5.41) is 0. The highest BCUT2D eigenvalue weighted by atomic mass is 16.1. The number of hydrogen-bond donors (Lipinski definition) is 0. The summed E-state index contributed by atoms with van der Waals surface area (Å²) in [6, 6.07) is 5.79. The van der Waals surface area contributed by atoms with Gasteiger partial charge in [-0.2, -0.15) is 0 Å². The maximum Gasteiger partial charge on any atom is 0.141 e. The van der Waals surface area contributed by atoms with Crippen LogP contribution in [0, 0.1) is 6.92 Å². The highest BCUT2D eigenvalue weighted by Gasteiger charge is 2.13. The summed E-state index contributed by atoms with van der Waals surface area (Å²) in [6.07, 6.45) is 0.580. The normalized spacial score (nSPS) is 12.5. The molecule has 1 unspecified atom stereocenters. The predicted octanol–water partition coefficient (Wildman–Crippen LogP) is 2.47. The Morgan fingerprint density at radius 2 is 2.23 bits per heavy atom. The van der Waals surface area contributed by atoms with Gasteiger partial charge in [-0.3, -0.25) is 9.78 Å². The summed E-state index contributed by atoms with van der Waals surface area (Å²) in [4.78, 5) is 15.7. The molecule has 0 aromatic carbocycles. The summed E-state index contributed by atoms with van der Waals surface area (Å²) >= 11 is 0. The van der Waals surface area contributed by atoms with Crippen molar-refractivity contribution in [2.45, 2.75) is 33.1 Å². The molecule has 0 bridgehead atoms.